The van der Waals surface area contributed by atoms with Crippen molar-refractivity contribution in [3.63, 3.8) is 0 Å². The Kier molecular flexibility index (Phi) is 3.09. The van der Waals surface area contributed by atoms with Crippen LogP contribution < -0.4 is 0 Å². The van der Waals surface area contributed by atoms with Crippen LogP contribution >= 0.6 is 0 Å². The van der Waals surface area contributed by atoms with Crippen LogP contribution in [0.3, 0.4) is 0 Å². The molecule has 1 atom stereocenters. The lowest BCUT2D eigenvalue weighted by Crippen LogP contribution is -2.12. The molecular formula is C9H7FO6. The van der Waals surface area contributed by atoms with Gasteiger partial charge in [-0.2, -0.15) is 0 Å². The van der Waals surface area contributed by atoms with Gasteiger partial charge in [0.2, 0.25) is 0 Å². The van der Waals surface area contributed by atoms with E-state index < -0.39 is 40.7 Å². The summed E-state index contributed by atoms with van der Waals surface area (Å²) in [5.74, 6) is -5.69. The van der Waals surface area contributed by atoms with Crippen molar-refractivity contribution in [1.82, 2.24) is 0 Å². The lowest BCUT2D eigenvalue weighted by molar-refractivity contribution is -0.146. The predicted molar refractivity (Wildman–Crippen MR) is 47.6 cm³/mol. The number of carboxylic acids is 2. The van der Waals surface area contributed by atoms with Gasteiger partial charge in [0.15, 0.2) is 17.7 Å². The summed E-state index contributed by atoms with van der Waals surface area (Å²) in [5.41, 5.74) is -1.27. The smallest absolute Gasteiger partial charge is 0.339 e. The zero-order valence-corrected chi connectivity index (χ0v) is 7.72. The number of aromatic hydroxyl groups is 1. The van der Waals surface area contributed by atoms with E-state index in [4.69, 9.17) is 20.4 Å². The second-order valence-electron chi connectivity index (χ2n) is 2.94. The second-order valence-corrected chi connectivity index (χ2v) is 2.94. The Morgan fingerprint density at radius 2 is 1.81 bits per heavy atom. The SMILES string of the molecule is O=C(O)c1cc(C(O)C(=O)O)cc(F)c1O. The fraction of sp³-hybridized carbons (Fsp3) is 0.111. The van der Waals surface area contributed by atoms with Gasteiger partial charge < -0.3 is 20.4 Å². The summed E-state index contributed by atoms with van der Waals surface area (Å²) in [6.07, 6.45) is -2.05. The van der Waals surface area contributed by atoms with E-state index in [1.807, 2.05) is 0 Å². The largest absolute Gasteiger partial charge is 0.504 e. The van der Waals surface area contributed by atoms with Crippen molar-refractivity contribution in [3.05, 3.63) is 29.1 Å². The Morgan fingerprint density at radius 1 is 1.25 bits per heavy atom. The molecule has 1 unspecified atom stereocenters. The Balaban J connectivity index is 3.34. The summed E-state index contributed by atoms with van der Waals surface area (Å²) in [5, 5.41) is 35.1. The summed E-state index contributed by atoms with van der Waals surface area (Å²) >= 11 is 0. The molecule has 0 saturated heterocycles. The average Bonchev–Trinajstić information content (AvgIpc) is 2.20. The maximum absolute atomic E-state index is 13.0. The number of aliphatic hydroxyl groups is 1. The molecule has 86 valence electrons. The van der Waals surface area contributed by atoms with Gasteiger partial charge in [-0.1, -0.05) is 0 Å². The van der Waals surface area contributed by atoms with Gasteiger partial charge in [-0.3, -0.25) is 0 Å². The van der Waals surface area contributed by atoms with Gasteiger partial charge in [-0.25, -0.2) is 14.0 Å². The highest BCUT2D eigenvalue weighted by Crippen LogP contribution is 2.26. The van der Waals surface area contributed by atoms with E-state index in [1.54, 1.807) is 0 Å². The molecule has 0 radical (unpaired) electrons. The molecule has 0 aliphatic carbocycles. The Labute approximate surface area is 88.2 Å². The first-order chi connectivity index (χ1) is 7.34. The molecule has 0 saturated carbocycles. The zero-order chi connectivity index (χ0) is 12.5. The molecule has 0 aliphatic rings. The second kappa shape index (κ2) is 4.15. The molecular weight excluding hydrogens is 223 g/mol. The highest BCUT2D eigenvalue weighted by Gasteiger charge is 2.22. The van der Waals surface area contributed by atoms with Crippen LogP contribution in [0.5, 0.6) is 5.75 Å². The number of hydrogen-bond acceptors (Lipinski definition) is 4. The Bertz CT molecular complexity index is 456. The summed E-state index contributed by atoms with van der Waals surface area (Å²) in [6.45, 7) is 0. The van der Waals surface area contributed by atoms with Gasteiger partial charge >= 0.3 is 11.9 Å². The monoisotopic (exact) mass is 230 g/mol. The molecule has 4 N–H and O–H groups in total. The van der Waals surface area contributed by atoms with Crippen molar-refractivity contribution < 1.29 is 34.4 Å². The molecule has 0 aromatic heterocycles. The molecule has 0 bridgehead atoms. The predicted octanol–water partition coefficient (Wildman–Crippen LogP) is 0.347. The molecule has 1 aromatic carbocycles. The van der Waals surface area contributed by atoms with Crippen LogP contribution in [-0.2, 0) is 4.79 Å². The normalized spacial score (nSPS) is 12.1. The van der Waals surface area contributed by atoms with E-state index in [9.17, 15) is 14.0 Å². The first-order valence-electron chi connectivity index (χ1n) is 4.01. The lowest BCUT2D eigenvalue weighted by atomic mass is 10.0. The van der Waals surface area contributed by atoms with Crippen LogP contribution in [0.2, 0.25) is 0 Å². The minimum Gasteiger partial charge on any atom is -0.504 e. The van der Waals surface area contributed by atoms with Gasteiger partial charge in [-0.05, 0) is 17.7 Å². The highest BCUT2D eigenvalue weighted by molar-refractivity contribution is 5.91. The summed E-state index contributed by atoms with van der Waals surface area (Å²) in [6, 6.07) is 1.25. The molecule has 0 heterocycles. The number of aliphatic hydroxyl groups excluding tert-OH is 1. The van der Waals surface area contributed by atoms with Crippen molar-refractivity contribution in [1.29, 1.82) is 0 Å². The molecule has 0 fully saturated rings. The number of carbonyl (C=O) groups is 2. The van der Waals surface area contributed by atoms with Gasteiger partial charge in [0.05, 0.1) is 0 Å². The van der Waals surface area contributed by atoms with E-state index >= 15 is 0 Å². The molecule has 0 spiro atoms. The number of hydrogen-bond donors (Lipinski definition) is 4. The highest BCUT2D eigenvalue weighted by atomic mass is 19.1. The number of aliphatic carboxylic acids is 1. The Hall–Kier alpha value is -2.15. The molecule has 16 heavy (non-hydrogen) atoms. The van der Waals surface area contributed by atoms with Crippen LogP contribution in [0, 0.1) is 5.82 Å². The molecule has 7 heteroatoms. The molecule has 1 aromatic rings. The molecule has 0 amide bonds. The third-order valence-electron chi connectivity index (χ3n) is 1.87. The number of aromatic carboxylic acids is 1. The van der Waals surface area contributed by atoms with Gasteiger partial charge in [0.25, 0.3) is 0 Å². The number of benzene rings is 1. The van der Waals surface area contributed by atoms with Crippen molar-refractivity contribution in [3.8, 4) is 5.75 Å². The van der Waals surface area contributed by atoms with Crippen LogP contribution in [0.15, 0.2) is 12.1 Å². The van der Waals surface area contributed by atoms with Crippen LogP contribution in [-0.4, -0.2) is 32.4 Å². The summed E-state index contributed by atoms with van der Waals surface area (Å²) in [7, 11) is 0. The van der Waals surface area contributed by atoms with Crippen molar-refractivity contribution in [2.45, 2.75) is 6.10 Å². The van der Waals surface area contributed by atoms with Crippen molar-refractivity contribution in [2.24, 2.45) is 0 Å². The van der Waals surface area contributed by atoms with Crippen LogP contribution in [0.25, 0.3) is 0 Å². The topological polar surface area (TPSA) is 115 Å². The van der Waals surface area contributed by atoms with Gasteiger partial charge in [-0.15, -0.1) is 0 Å². The minimum atomic E-state index is -2.05. The van der Waals surface area contributed by atoms with Crippen LogP contribution in [0.4, 0.5) is 4.39 Å². The zero-order valence-electron chi connectivity index (χ0n) is 7.72. The number of halogens is 1. The van der Waals surface area contributed by atoms with Crippen molar-refractivity contribution >= 4 is 11.9 Å². The van der Waals surface area contributed by atoms with Crippen molar-refractivity contribution in [2.75, 3.05) is 0 Å². The third kappa shape index (κ3) is 2.09. The fourth-order valence-electron chi connectivity index (χ4n) is 1.08. The van der Waals surface area contributed by atoms with E-state index in [2.05, 4.69) is 0 Å². The summed E-state index contributed by atoms with van der Waals surface area (Å²) < 4.78 is 13.0. The van der Waals surface area contributed by atoms with Crippen LogP contribution in [0.1, 0.15) is 22.0 Å². The van der Waals surface area contributed by atoms with E-state index in [0.717, 1.165) is 0 Å². The van der Waals surface area contributed by atoms with E-state index in [0.29, 0.717) is 12.1 Å². The van der Waals surface area contributed by atoms with Gasteiger partial charge in [0, 0.05) is 0 Å². The molecule has 1 rings (SSSR count). The van der Waals surface area contributed by atoms with E-state index in [-0.39, 0.29) is 0 Å². The quantitative estimate of drug-likeness (QED) is 0.595. The molecule has 6 nitrogen and oxygen atoms in total. The number of phenols is 1. The minimum absolute atomic E-state index is 0.458. The molecule has 0 aliphatic heterocycles. The number of rotatable bonds is 3. The number of carboxylic acid groups (broad SMARTS) is 2. The maximum atomic E-state index is 13.0. The Morgan fingerprint density at radius 3 is 2.25 bits per heavy atom. The average molecular weight is 230 g/mol. The first-order valence-corrected chi connectivity index (χ1v) is 4.01. The lowest BCUT2D eigenvalue weighted by Gasteiger charge is -2.08. The van der Waals surface area contributed by atoms with E-state index in [1.165, 1.54) is 0 Å². The first kappa shape index (κ1) is 11.9. The fourth-order valence-corrected chi connectivity index (χ4v) is 1.08. The third-order valence-corrected chi connectivity index (χ3v) is 1.87. The summed E-state index contributed by atoms with van der Waals surface area (Å²) in [4.78, 5) is 21.0. The standard InChI is InChI=1S/C9H7FO6/c10-5-2-3(6(11)9(15)16)1-4(7(5)12)8(13)14/h1-2,6,11-12H,(H,13,14)(H,15,16). The maximum Gasteiger partial charge on any atom is 0.339 e. The van der Waals surface area contributed by atoms with Gasteiger partial charge in [0.1, 0.15) is 5.56 Å².